The SMILES string of the molecule is CC(C)(C)ONC(=O)c1ccnc(F)c1F. The molecule has 6 heteroatoms. The van der Waals surface area contributed by atoms with Gasteiger partial charge < -0.3 is 0 Å². The lowest BCUT2D eigenvalue weighted by molar-refractivity contribution is -0.0591. The van der Waals surface area contributed by atoms with E-state index in [1.165, 1.54) is 0 Å². The van der Waals surface area contributed by atoms with Crippen LogP contribution in [0.5, 0.6) is 0 Å². The number of nitrogens with one attached hydrogen (secondary N) is 1. The van der Waals surface area contributed by atoms with E-state index in [-0.39, 0.29) is 0 Å². The van der Waals surface area contributed by atoms with E-state index >= 15 is 0 Å². The van der Waals surface area contributed by atoms with E-state index in [0.717, 1.165) is 12.3 Å². The number of hydrogen-bond donors (Lipinski definition) is 1. The molecule has 0 aliphatic carbocycles. The Balaban J connectivity index is 2.78. The van der Waals surface area contributed by atoms with E-state index in [2.05, 4.69) is 4.98 Å². The fraction of sp³-hybridized carbons (Fsp3) is 0.400. The lowest BCUT2D eigenvalue weighted by Gasteiger charge is -2.18. The molecule has 0 aliphatic rings. The number of aromatic nitrogens is 1. The van der Waals surface area contributed by atoms with Gasteiger partial charge in [-0.25, -0.2) is 14.9 Å². The average molecular weight is 230 g/mol. The molecule has 1 aromatic heterocycles. The lowest BCUT2D eigenvalue weighted by atomic mass is 10.2. The van der Waals surface area contributed by atoms with Crippen LogP contribution < -0.4 is 5.48 Å². The minimum Gasteiger partial charge on any atom is -0.268 e. The van der Waals surface area contributed by atoms with Crippen LogP contribution in [-0.4, -0.2) is 16.5 Å². The summed E-state index contributed by atoms with van der Waals surface area (Å²) >= 11 is 0. The van der Waals surface area contributed by atoms with E-state index in [9.17, 15) is 13.6 Å². The third-order valence-electron chi connectivity index (χ3n) is 1.54. The Labute approximate surface area is 91.6 Å². The van der Waals surface area contributed by atoms with Crippen molar-refractivity contribution in [3.63, 3.8) is 0 Å². The number of carbonyl (C=O) groups excluding carboxylic acids is 1. The van der Waals surface area contributed by atoms with E-state index in [4.69, 9.17) is 4.84 Å². The third kappa shape index (κ3) is 3.23. The molecule has 1 amide bonds. The third-order valence-corrected chi connectivity index (χ3v) is 1.54. The maximum absolute atomic E-state index is 13.1. The molecule has 0 aliphatic heterocycles. The maximum atomic E-state index is 13.1. The Bertz CT molecular complexity index is 402. The zero-order valence-electron chi connectivity index (χ0n) is 9.17. The van der Waals surface area contributed by atoms with Gasteiger partial charge in [0.2, 0.25) is 5.95 Å². The summed E-state index contributed by atoms with van der Waals surface area (Å²) in [5, 5.41) is 0. The molecular formula is C10H12F2N2O2. The quantitative estimate of drug-likeness (QED) is 0.622. The number of nitrogens with zero attached hydrogens (tertiary/aromatic N) is 1. The van der Waals surface area contributed by atoms with Crippen LogP contribution in [0.25, 0.3) is 0 Å². The molecule has 1 heterocycles. The first-order valence-corrected chi connectivity index (χ1v) is 4.59. The number of amides is 1. The topological polar surface area (TPSA) is 51.2 Å². The molecule has 0 fully saturated rings. The number of hydrogen-bond acceptors (Lipinski definition) is 3. The predicted octanol–water partition coefficient (Wildman–Crippen LogP) is 1.82. The summed E-state index contributed by atoms with van der Waals surface area (Å²) in [4.78, 5) is 19.4. The van der Waals surface area contributed by atoms with Gasteiger partial charge in [-0.15, -0.1) is 0 Å². The lowest BCUT2D eigenvalue weighted by Crippen LogP contribution is -2.34. The number of hydroxylamine groups is 1. The summed E-state index contributed by atoms with van der Waals surface area (Å²) in [6.45, 7) is 5.12. The van der Waals surface area contributed by atoms with Crippen molar-refractivity contribution in [2.24, 2.45) is 0 Å². The monoisotopic (exact) mass is 230 g/mol. The van der Waals surface area contributed by atoms with Crippen molar-refractivity contribution in [2.75, 3.05) is 0 Å². The van der Waals surface area contributed by atoms with Crippen LogP contribution in [0.2, 0.25) is 0 Å². The maximum Gasteiger partial charge on any atom is 0.278 e. The van der Waals surface area contributed by atoms with Gasteiger partial charge in [0.15, 0.2) is 5.82 Å². The van der Waals surface area contributed by atoms with Gasteiger partial charge in [0.25, 0.3) is 5.91 Å². The van der Waals surface area contributed by atoms with Crippen LogP contribution in [0.1, 0.15) is 31.1 Å². The first-order valence-electron chi connectivity index (χ1n) is 4.59. The molecule has 0 aromatic carbocycles. The summed E-state index contributed by atoms with van der Waals surface area (Å²) in [6, 6.07) is 1.07. The van der Waals surface area contributed by atoms with Gasteiger partial charge in [-0.05, 0) is 26.8 Å². The standard InChI is InChI=1S/C10H12F2N2O2/c1-10(2,3)16-14-9(15)6-4-5-13-8(12)7(6)11/h4-5H,1-3H3,(H,14,15). The molecule has 0 bridgehead atoms. The highest BCUT2D eigenvalue weighted by molar-refractivity contribution is 5.93. The Morgan fingerprint density at radius 1 is 1.44 bits per heavy atom. The normalized spacial score (nSPS) is 11.3. The van der Waals surface area contributed by atoms with Crippen molar-refractivity contribution >= 4 is 5.91 Å². The van der Waals surface area contributed by atoms with Crippen LogP contribution in [0.15, 0.2) is 12.3 Å². The van der Waals surface area contributed by atoms with Crippen molar-refractivity contribution in [1.82, 2.24) is 10.5 Å². The van der Waals surface area contributed by atoms with Gasteiger partial charge >= 0.3 is 0 Å². The molecule has 0 unspecified atom stereocenters. The van der Waals surface area contributed by atoms with Crippen molar-refractivity contribution in [3.05, 3.63) is 29.6 Å². The van der Waals surface area contributed by atoms with Gasteiger partial charge in [-0.2, -0.15) is 4.39 Å². The second-order valence-corrected chi connectivity index (χ2v) is 4.11. The predicted molar refractivity (Wildman–Crippen MR) is 52.5 cm³/mol. The highest BCUT2D eigenvalue weighted by Gasteiger charge is 2.18. The fourth-order valence-electron chi connectivity index (χ4n) is 0.848. The summed E-state index contributed by atoms with van der Waals surface area (Å²) in [6.07, 6.45) is 1.00. The van der Waals surface area contributed by atoms with Crippen LogP contribution >= 0.6 is 0 Å². The molecule has 0 atom stereocenters. The molecule has 16 heavy (non-hydrogen) atoms. The van der Waals surface area contributed by atoms with Crippen LogP contribution in [0.4, 0.5) is 8.78 Å². The fourth-order valence-corrected chi connectivity index (χ4v) is 0.848. The molecule has 1 aromatic rings. The zero-order chi connectivity index (χ0) is 12.3. The van der Waals surface area contributed by atoms with Gasteiger partial charge in [0.1, 0.15) is 0 Å². The highest BCUT2D eigenvalue weighted by Crippen LogP contribution is 2.10. The summed E-state index contributed by atoms with van der Waals surface area (Å²) < 4.78 is 25.8. The van der Waals surface area contributed by atoms with Gasteiger partial charge in [0, 0.05) is 6.20 Å². The summed E-state index contributed by atoms with van der Waals surface area (Å²) in [5.41, 5.74) is 0.973. The Morgan fingerprint density at radius 2 is 2.06 bits per heavy atom. The van der Waals surface area contributed by atoms with Gasteiger partial charge in [0.05, 0.1) is 11.2 Å². The zero-order valence-corrected chi connectivity index (χ0v) is 9.17. The van der Waals surface area contributed by atoms with Crippen molar-refractivity contribution in [3.8, 4) is 0 Å². The second-order valence-electron chi connectivity index (χ2n) is 4.11. The Kier molecular flexibility index (Phi) is 3.54. The summed E-state index contributed by atoms with van der Waals surface area (Å²) in [5.74, 6) is -3.46. The Hall–Kier alpha value is -1.56. The second kappa shape index (κ2) is 4.52. The van der Waals surface area contributed by atoms with E-state index in [1.807, 2.05) is 5.48 Å². The average Bonchev–Trinajstić information content (AvgIpc) is 2.17. The van der Waals surface area contributed by atoms with Crippen molar-refractivity contribution < 1.29 is 18.4 Å². The summed E-state index contributed by atoms with van der Waals surface area (Å²) in [7, 11) is 0. The van der Waals surface area contributed by atoms with Crippen LogP contribution in [0.3, 0.4) is 0 Å². The largest absolute Gasteiger partial charge is 0.278 e. The highest BCUT2D eigenvalue weighted by atomic mass is 19.2. The minimum atomic E-state index is -1.32. The molecule has 0 spiro atoms. The molecular weight excluding hydrogens is 218 g/mol. The van der Waals surface area contributed by atoms with Crippen LogP contribution in [0, 0.1) is 11.8 Å². The number of carbonyl (C=O) groups is 1. The number of rotatable bonds is 2. The smallest absolute Gasteiger partial charge is 0.268 e. The van der Waals surface area contributed by atoms with E-state index in [0.29, 0.717) is 0 Å². The minimum absolute atomic E-state index is 0.447. The first-order chi connectivity index (χ1) is 7.31. The molecule has 0 saturated heterocycles. The van der Waals surface area contributed by atoms with E-state index in [1.54, 1.807) is 20.8 Å². The van der Waals surface area contributed by atoms with Gasteiger partial charge in [-0.3, -0.25) is 9.63 Å². The van der Waals surface area contributed by atoms with Crippen LogP contribution in [-0.2, 0) is 4.84 Å². The first kappa shape index (κ1) is 12.5. The van der Waals surface area contributed by atoms with Gasteiger partial charge in [-0.1, -0.05) is 0 Å². The van der Waals surface area contributed by atoms with Crippen molar-refractivity contribution in [1.29, 1.82) is 0 Å². The molecule has 0 saturated carbocycles. The number of pyridine rings is 1. The Morgan fingerprint density at radius 3 is 2.62 bits per heavy atom. The molecule has 1 N–H and O–H groups in total. The molecule has 4 nitrogen and oxygen atoms in total. The molecule has 0 radical (unpaired) electrons. The van der Waals surface area contributed by atoms with Crippen molar-refractivity contribution in [2.45, 2.75) is 26.4 Å². The number of halogens is 2. The van der Waals surface area contributed by atoms with E-state index < -0.39 is 28.8 Å². The molecule has 88 valence electrons. The molecule has 1 rings (SSSR count).